The maximum atomic E-state index is 11.3. The molecule has 0 aliphatic heterocycles. The Hall–Kier alpha value is -1.90. The van der Waals surface area contributed by atoms with E-state index in [2.05, 4.69) is 4.90 Å². The van der Waals surface area contributed by atoms with Crippen molar-refractivity contribution >= 4 is 25.7 Å². The highest BCUT2D eigenvalue weighted by molar-refractivity contribution is 7.40. The molecule has 2 rings (SSSR count). The van der Waals surface area contributed by atoms with Crippen molar-refractivity contribution in [3.63, 3.8) is 0 Å². The standard InChI is InChI=1S/C19H29N2O7P/c1-14(2)28-19(22)25-13-27-29(23)26-12-21-11-15(8-9-20(3)4)17-7-6-16(24-5)10-18(17)21/h6-7,10-11,14,23H,8-9,12-13H2,1-5H3. The topological polar surface area (TPSA) is 91.6 Å². The summed E-state index contributed by atoms with van der Waals surface area (Å²) in [5.74, 6) is 0.732. The zero-order chi connectivity index (χ0) is 21.4. The SMILES string of the molecule is COc1ccc2c(CCN(C)C)cn(COP(O)OCOC(=O)OC(C)C)c2c1. The summed E-state index contributed by atoms with van der Waals surface area (Å²) in [6.45, 7) is 3.93. The lowest BCUT2D eigenvalue weighted by molar-refractivity contribution is -0.0147. The van der Waals surface area contributed by atoms with Gasteiger partial charge in [0, 0.05) is 24.2 Å². The molecular formula is C19H29N2O7P. The molecule has 1 heterocycles. The van der Waals surface area contributed by atoms with Crippen LogP contribution in [0.25, 0.3) is 10.9 Å². The average molecular weight is 428 g/mol. The summed E-state index contributed by atoms with van der Waals surface area (Å²) in [5.41, 5.74) is 2.10. The number of hydrogen-bond donors (Lipinski definition) is 1. The fourth-order valence-corrected chi connectivity index (χ4v) is 3.06. The zero-order valence-corrected chi connectivity index (χ0v) is 18.3. The van der Waals surface area contributed by atoms with Gasteiger partial charge in [-0.3, -0.25) is 9.05 Å². The number of rotatable bonds is 11. The molecule has 1 atom stereocenters. The molecule has 0 saturated carbocycles. The van der Waals surface area contributed by atoms with E-state index < -0.39 is 21.6 Å². The maximum absolute atomic E-state index is 11.3. The number of fused-ring (bicyclic) bond motifs is 1. The van der Waals surface area contributed by atoms with Crippen LogP contribution in [0.3, 0.4) is 0 Å². The first-order valence-corrected chi connectivity index (χ1v) is 10.3. The minimum Gasteiger partial charge on any atom is -0.497 e. The summed E-state index contributed by atoms with van der Waals surface area (Å²) >= 11 is 0. The van der Waals surface area contributed by atoms with Crippen LogP contribution in [0.4, 0.5) is 4.79 Å². The Bertz CT molecular complexity index is 794. The van der Waals surface area contributed by atoms with Crippen molar-refractivity contribution in [3.05, 3.63) is 30.0 Å². The molecule has 0 radical (unpaired) electrons. The molecule has 0 saturated heterocycles. The molecule has 1 unspecified atom stereocenters. The number of likely N-dealkylation sites (N-methyl/N-ethyl adjacent to an activating group) is 1. The van der Waals surface area contributed by atoms with Gasteiger partial charge in [-0.05, 0) is 52.1 Å². The first-order valence-electron chi connectivity index (χ1n) is 9.19. The predicted molar refractivity (Wildman–Crippen MR) is 110 cm³/mol. The summed E-state index contributed by atoms with van der Waals surface area (Å²) in [5, 5.41) is 1.10. The molecule has 1 aromatic carbocycles. The van der Waals surface area contributed by atoms with Crippen molar-refractivity contribution in [2.45, 2.75) is 33.1 Å². The zero-order valence-electron chi connectivity index (χ0n) is 17.5. The maximum Gasteiger partial charge on any atom is 0.510 e. The van der Waals surface area contributed by atoms with Gasteiger partial charge in [0.2, 0.25) is 6.79 Å². The lowest BCUT2D eigenvalue weighted by Gasteiger charge is -2.13. The van der Waals surface area contributed by atoms with Crippen LogP contribution in [0.5, 0.6) is 5.75 Å². The third-order valence-corrected chi connectivity index (χ3v) is 4.64. The van der Waals surface area contributed by atoms with Crippen LogP contribution in [0, 0.1) is 0 Å². The molecule has 29 heavy (non-hydrogen) atoms. The summed E-state index contributed by atoms with van der Waals surface area (Å²) < 4.78 is 27.1. The number of carbonyl (C=O) groups excluding carboxylic acids is 1. The van der Waals surface area contributed by atoms with E-state index in [4.69, 9.17) is 23.3 Å². The Morgan fingerprint density at radius 2 is 2.03 bits per heavy atom. The Morgan fingerprint density at radius 3 is 2.69 bits per heavy atom. The Labute approximate surface area is 172 Å². The molecule has 10 heteroatoms. The average Bonchev–Trinajstić information content (AvgIpc) is 3.01. The van der Waals surface area contributed by atoms with Crippen LogP contribution in [0.15, 0.2) is 24.4 Å². The minimum absolute atomic E-state index is 0.0737. The number of hydrogen-bond acceptors (Lipinski definition) is 8. The predicted octanol–water partition coefficient (Wildman–Crippen LogP) is 3.48. The molecule has 0 bridgehead atoms. The first-order chi connectivity index (χ1) is 13.8. The van der Waals surface area contributed by atoms with Crippen molar-refractivity contribution in [2.24, 2.45) is 0 Å². The molecule has 9 nitrogen and oxygen atoms in total. The molecule has 1 N–H and O–H groups in total. The number of methoxy groups -OCH3 is 1. The van der Waals surface area contributed by atoms with E-state index in [9.17, 15) is 9.69 Å². The van der Waals surface area contributed by atoms with Gasteiger partial charge >= 0.3 is 14.8 Å². The van der Waals surface area contributed by atoms with Crippen LogP contribution in [-0.2, 0) is 31.7 Å². The molecular weight excluding hydrogens is 399 g/mol. The van der Waals surface area contributed by atoms with Gasteiger partial charge in [-0.2, -0.15) is 0 Å². The van der Waals surface area contributed by atoms with Crippen molar-refractivity contribution in [2.75, 3.05) is 34.5 Å². The molecule has 162 valence electrons. The molecule has 0 amide bonds. The van der Waals surface area contributed by atoms with E-state index in [1.807, 2.05) is 43.1 Å². The van der Waals surface area contributed by atoms with Crippen molar-refractivity contribution in [3.8, 4) is 5.75 Å². The van der Waals surface area contributed by atoms with E-state index in [0.717, 1.165) is 29.6 Å². The van der Waals surface area contributed by atoms with E-state index in [-0.39, 0.29) is 12.8 Å². The molecule has 0 spiro atoms. The molecule has 2 aromatic rings. The molecule has 0 aliphatic carbocycles. The molecule has 1 aromatic heterocycles. The second kappa shape index (κ2) is 11.3. The highest BCUT2D eigenvalue weighted by Crippen LogP contribution is 2.34. The highest BCUT2D eigenvalue weighted by atomic mass is 31.2. The lowest BCUT2D eigenvalue weighted by Crippen LogP contribution is -2.14. The van der Waals surface area contributed by atoms with Crippen LogP contribution in [0.1, 0.15) is 19.4 Å². The van der Waals surface area contributed by atoms with Crippen LogP contribution < -0.4 is 4.74 Å². The summed E-state index contributed by atoms with van der Waals surface area (Å²) in [7, 11) is 3.45. The third kappa shape index (κ3) is 7.45. The summed E-state index contributed by atoms with van der Waals surface area (Å²) in [6.07, 6.45) is 1.71. The third-order valence-electron chi connectivity index (χ3n) is 3.98. The van der Waals surface area contributed by atoms with E-state index in [0.29, 0.717) is 0 Å². The number of aromatic nitrogens is 1. The number of ether oxygens (including phenoxy) is 3. The second-order valence-corrected chi connectivity index (χ2v) is 7.86. The molecule has 0 aliphatic rings. The highest BCUT2D eigenvalue weighted by Gasteiger charge is 2.14. The van der Waals surface area contributed by atoms with E-state index in [1.54, 1.807) is 21.0 Å². The van der Waals surface area contributed by atoms with Gasteiger partial charge in [0.15, 0.2) is 0 Å². The van der Waals surface area contributed by atoms with E-state index in [1.165, 1.54) is 5.56 Å². The fourth-order valence-electron chi connectivity index (χ4n) is 2.62. The lowest BCUT2D eigenvalue weighted by atomic mass is 10.1. The van der Waals surface area contributed by atoms with Crippen molar-refractivity contribution in [1.82, 2.24) is 9.47 Å². The van der Waals surface area contributed by atoms with Gasteiger partial charge in [-0.25, -0.2) is 4.79 Å². The second-order valence-electron chi connectivity index (χ2n) is 6.86. The smallest absolute Gasteiger partial charge is 0.497 e. The monoisotopic (exact) mass is 428 g/mol. The van der Waals surface area contributed by atoms with Gasteiger partial charge < -0.3 is 28.6 Å². The Morgan fingerprint density at radius 1 is 1.28 bits per heavy atom. The quantitative estimate of drug-likeness (QED) is 0.330. The number of carbonyl (C=O) groups is 1. The minimum atomic E-state index is -2.22. The Kier molecular flexibility index (Phi) is 9.13. The van der Waals surface area contributed by atoms with Crippen molar-refractivity contribution < 1.29 is 32.9 Å². The van der Waals surface area contributed by atoms with Gasteiger partial charge in [-0.15, -0.1) is 0 Å². The van der Waals surface area contributed by atoms with Crippen molar-refractivity contribution in [1.29, 1.82) is 0 Å². The van der Waals surface area contributed by atoms with Crippen LogP contribution in [0.2, 0.25) is 0 Å². The Balaban J connectivity index is 1.98. The van der Waals surface area contributed by atoms with Crippen LogP contribution >= 0.6 is 8.60 Å². The summed E-state index contributed by atoms with van der Waals surface area (Å²) in [6, 6.07) is 5.85. The van der Waals surface area contributed by atoms with Crippen LogP contribution in [-0.4, -0.2) is 61.2 Å². The van der Waals surface area contributed by atoms with Gasteiger partial charge in [0.25, 0.3) is 0 Å². The van der Waals surface area contributed by atoms with Gasteiger partial charge in [0.05, 0.1) is 18.7 Å². The van der Waals surface area contributed by atoms with E-state index >= 15 is 0 Å². The summed E-state index contributed by atoms with van der Waals surface area (Å²) in [4.78, 5) is 23.3. The largest absolute Gasteiger partial charge is 0.510 e. The van der Waals surface area contributed by atoms with Gasteiger partial charge in [0.1, 0.15) is 12.5 Å². The normalized spacial score (nSPS) is 12.6. The molecule has 0 fully saturated rings. The van der Waals surface area contributed by atoms with Gasteiger partial charge in [-0.1, -0.05) is 0 Å². The number of nitrogens with zero attached hydrogens (tertiary/aromatic N) is 2. The number of benzene rings is 1. The fraction of sp³-hybridized carbons (Fsp3) is 0.526. The first kappa shape index (κ1) is 23.4.